The first-order valence-corrected chi connectivity index (χ1v) is 6.66. The second-order valence-electron chi connectivity index (χ2n) is 4.71. The Labute approximate surface area is 120 Å². The van der Waals surface area contributed by atoms with Gasteiger partial charge in [0.1, 0.15) is 5.75 Å². The molecule has 6 nitrogen and oxygen atoms in total. The summed E-state index contributed by atoms with van der Waals surface area (Å²) >= 11 is 0. The first-order valence-electron chi connectivity index (χ1n) is 6.66. The summed E-state index contributed by atoms with van der Waals surface area (Å²) in [7, 11) is 0. The van der Waals surface area contributed by atoms with Crippen LogP contribution in [0.4, 0.5) is 5.69 Å². The van der Waals surface area contributed by atoms with Crippen LogP contribution in [0.25, 0.3) is 11.1 Å². The number of ether oxygens (including phenoxy) is 1. The van der Waals surface area contributed by atoms with Crippen LogP contribution >= 0.6 is 0 Å². The zero-order valence-corrected chi connectivity index (χ0v) is 11.3. The van der Waals surface area contributed by atoms with Gasteiger partial charge >= 0.3 is 5.76 Å². The summed E-state index contributed by atoms with van der Waals surface area (Å²) in [6.07, 6.45) is 5.32. The van der Waals surface area contributed by atoms with E-state index in [4.69, 9.17) is 14.9 Å². The molecular formula is C15H15N3O3. The number of aromatic nitrogens is 2. The Morgan fingerprint density at radius 1 is 1.29 bits per heavy atom. The first-order chi connectivity index (χ1) is 10.2. The standard InChI is InChI=1S/C15H15N3O3/c16-11-8-14-12(18-15(19)21-14)9-13(11)20-7-1-2-10-3-5-17-6-4-10/h3-6,8-9H,1-2,7,16H2,(H,18,19). The third-order valence-electron chi connectivity index (χ3n) is 3.17. The molecule has 0 bridgehead atoms. The number of nitrogens with two attached hydrogens (primary N) is 1. The largest absolute Gasteiger partial charge is 0.491 e. The van der Waals surface area contributed by atoms with E-state index < -0.39 is 5.76 Å². The third-order valence-corrected chi connectivity index (χ3v) is 3.17. The van der Waals surface area contributed by atoms with Gasteiger partial charge in [0.2, 0.25) is 0 Å². The van der Waals surface area contributed by atoms with Crippen LogP contribution in [0, 0.1) is 0 Å². The van der Waals surface area contributed by atoms with Crippen molar-refractivity contribution in [2.24, 2.45) is 0 Å². The summed E-state index contributed by atoms with van der Waals surface area (Å²) in [5, 5.41) is 0. The van der Waals surface area contributed by atoms with E-state index in [1.165, 1.54) is 5.56 Å². The molecule has 3 N–H and O–H groups in total. The van der Waals surface area contributed by atoms with Crippen molar-refractivity contribution in [1.82, 2.24) is 9.97 Å². The number of hydrogen-bond donors (Lipinski definition) is 2. The number of oxazole rings is 1. The Balaban J connectivity index is 1.62. The van der Waals surface area contributed by atoms with Gasteiger partial charge in [0.15, 0.2) is 5.58 Å². The third kappa shape index (κ3) is 3.05. The fraction of sp³-hybridized carbons (Fsp3) is 0.200. The second-order valence-corrected chi connectivity index (χ2v) is 4.71. The SMILES string of the molecule is Nc1cc2oc(=O)[nH]c2cc1OCCCc1ccncc1. The van der Waals surface area contributed by atoms with E-state index in [1.807, 2.05) is 12.1 Å². The summed E-state index contributed by atoms with van der Waals surface area (Å²) < 4.78 is 10.6. The van der Waals surface area contributed by atoms with Crippen LogP contribution in [0.15, 0.2) is 45.9 Å². The maximum absolute atomic E-state index is 11.1. The van der Waals surface area contributed by atoms with E-state index in [0.29, 0.717) is 29.1 Å². The number of fused-ring (bicyclic) bond motifs is 1. The van der Waals surface area contributed by atoms with E-state index in [9.17, 15) is 4.79 Å². The quantitative estimate of drug-likeness (QED) is 0.553. The topological polar surface area (TPSA) is 94.1 Å². The van der Waals surface area contributed by atoms with Gasteiger partial charge in [-0.05, 0) is 30.5 Å². The smallest absolute Gasteiger partial charge is 0.417 e. The number of nitrogens with zero attached hydrogens (tertiary/aromatic N) is 1. The summed E-state index contributed by atoms with van der Waals surface area (Å²) in [5.41, 5.74) is 8.57. The number of anilines is 1. The van der Waals surface area contributed by atoms with E-state index in [0.717, 1.165) is 12.8 Å². The highest BCUT2D eigenvalue weighted by Crippen LogP contribution is 2.26. The van der Waals surface area contributed by atoms with Gasteiger partial charge < -0.3 is 14.9 Å². The van der Waals surface area contributed by atoms with Crippen LogP contribution in [-0.4, -0.2) is 16.6 Å². The van der Waals surface area contributed by atoms with E-state index >= 15 is 0 Å². The average molecular weight is 285 g/mol. The molecule has 0 spiro atoms. The molecule has 2 aromatic heterocycles. The van der Waals surface area contributed by atoms with Crippen molar-refractivity contribution in [3.63, 3.8) is 0 Å². The highest BCUT2D eigenvalue weighted by Gasteiger charge is 2.07. The monoisotopic (exact) mass is 285 g/mol. The van der Waals surface area contributed by atoms with Gasteiger partial charge in [0.25, 0.3) is 0 Å². The van der Waals surface area contributed by atoms with Crippen LogP contribution in [0.5, 0.6) is 5.75 Å². The molecule has 21 heavy (non-hydrogen) atoms. The zero-order valence-electron chi connectivity index (χ0n) is 11.3. The van der Waals surface area contributed by atoms with E-state index in [-0.39, 0.29) is 0 Å². The number of H-pyrrole nitrogens is 1. The molecule has 0 aliphatic rings. The summed E-state index contributed by atoms with van der Waals surface area (Å²) in [5.74, 6) is 0.0496. The van der Waals surface area contributed by atoms with Crippen LogP contribution in [0.1, 0.15) is 12.0 Å². The Bertz CT molecular complexity index is 793. The normalized spacial score (nSPS) is 10.9. The van der Waals surface area contributed by atoms with Crippen molar-refractivity contribution >= 4 is 16.8 Å². The molecule has 2 heterocycles. The molecule has 0 saturated heterocycles. The molecular weight excluding hydrogens is 270 g/mol. The minimum absolute atomic E-state index is 0.432. The van der Waals surface area contributed by atoms with Crippen molar-refractivity contribution in [2.45, 2.75) is 12.8 Å². The number of benzene rings is 1. The summed E-state index contributed by atoms with van der Waals surface area (Å²) in [4.78, 5) is 17.7. The predicted molar refractivity (Wildman–Crippen MR) is 79.3 cm³/mol. The maximum atomic E-state index is 11.1. The lowest BCUT2D eigenvalue weighted by molar-refractivity contribution is 0.313. The Morgan fingerprint density at radius 2 is 2.10 bits per heavy atom. The number of rotatable bonds is 5. The second kappa shape index (κ2) is 5.70. The first kappa shape index (κ1) is 13.2. The van der Waals surface area contributed by atoms with Crippen LogP contribution < -0.4 is 16.2 Å². The van der Waals surface area contributed by atoms with Crippen LogP contribution in [0.3, 0.4) is 0 Å². The van der Waals surface area contributed by atoms with Crippen LogP contribution in [0.2, 0.25) is 0 Å². The molecule has 3 aromatic rings. The predicted octanol–water partition coefficient (Wildman–Crippen LogP) is 2.11. The zero-order chi connectivity index (χ0) is 14.7. The fourth-order valence-electron chi connectivity index (χ4n) is 2.13. The average Bonchev–Trinajstić information content (AvgIpc) is 2.83. The lowest BCUT2D eigenvalue weighted by Gasteiger charge is -2.08. The molecule has 0 amide bonds. The number of aromatic amines is 1. The van der Waals surface area contributed by atoms with Gasteiger partial charge in [0, 0.05) is 24.5 Å². The Morgan fingerprint density at radius 3 is 2.90 bits per heavy atom. The van der Waals surface area contributed by atoms with Crippen molar-refractivity contribution in [1.29, 1.82) is 0 Å². The van der Waals surface area contributed by atoms with Gasteiger partial charge in [-0.2, -0.15) is 0 Å². The lowest BCUT2D eigenvalue weighted by atomic mass is 10.1. The Kier molecular flexibility index (Phi) is 3.59. The summed E-state index contributed by atoms with van der Waals surface area (Å²) in [6.45, 7) is 0.542. The highest BCUT2D eigenvalue weighted by molar-refractivity contribution is 5.80. The number of hydrogen-bond acceptors (Lipinski definition) is 5. The van der Waals surface area contributed by atoms with Crippen molar-refractivity contribution in [3.8, 4) is 5.75 Å². The Hall–Kier alpha value is -2.76. The number of nitrogen functional groups attached to an aromatic ring is 1. The molecule has 0 atom stereocenters. The molecule has 108 valence electrons. The highest BCUT2D eigenvalue weighted by atomic mass is 16.5. The lowest BCUT2D eigenvalue weighted by Crippen LogP contribution is -2.02. The molecule has 3 rings (SSSR count). The molecule has 0 aliphatic carbocycles. The molecule has 0 aliphatic heterocycles. The molecule has 0 fully saturated rings. The van der Waals surface area contributed by atoms with E-state index in [1.54, 1.807) is 24.5 Å². The fourth-order valence-corrected chi connectivity index (χ4v) is 2.13. The van der Waals surface area contributed by atoms with Crippen molar-refractivity contribution < 1.29 is 9.15 Å². The van der Waals surface area contributed by atoms with Gasteiger partial charge in [-0.1, -0.05) is 0 Å². The number of pyridine rings is 1. The van der Waals surface area contributed by atoms with Gasteiger partial charge in [0.05, 0.1) is 17.8 Å². The molecule has 0 saturated carbocycles. The number of aryl methyl sites for hydroxylation is 1. The van der Waals surface area contributed by atoms with Gasteiger partial charge in [-0.25, -0.2) is 4.79 Å². The van der Waals surface area contributed by atoms with Gasteiger partial charge in [-0.3, -0.25) is 9.97 Å². The molecule has 0 unspecified atom stereocenters. The maximum Gasteiger partial charge on any atom is 0.417 e. The van der Waals surface area contributed by atoms with Crippen molar-refractivity contribution in [2.75, 3.05) is 12.3 Å². The number of nitrogens with one attached hydrogen (secondary N) is 1. The van der Waals surface area contributed by atoms with E-state index in [2.05, 4.69) is 9.97 Å². The van der Waals surface area contributed by atoms with Crippen molar-refractivity contribution in [3.05, 3.63) is 52.8 Å². The minimum atomic E-state index is -0.501. The van der Waals surface area contributed by atoms with Crippen LogP contribution in [-0.2, 0) is 6.42 Å². The van der Waals surface area contributed by atoms with Gasteiger partial charge in [-0.15, -0.1) is 0 Å². The summed E-state index contributed by atoms with van der Waals surface area (Å²) in [6, 6.07) is 7.24. The minimum Gasteiger partial charge on any atom is -0.491 e. The molecule has 1 aromatic carbocycles. The molecule has 6 heteroatoms. The molecule has 0 radical (unpaired) electrons.